The van der Waals surface area contributed by atoms with Crippen molar-refractivity contribution < 1.29 is 45.0 Å². The van der Waals surface area contributed by atoms with Gasteiger partial charge < -0.3 is 42.1 Å². The molecular weight excluding hydrogens is 376 g/mol. The molecule has 0 aliphatic carbocycles. The molecule has 0 unspecified atom stereocenters. The van der Waals surface area contributed by atoms with Gasteiger partial charge in [0.05, 0.1) is 19.8 Å². The Kier molecular flexibility index (Phi) is 37.9. The molecule has 0 bridgehead atoms. The Morgan fingerprint density at radius 2 is 0.929 bits per heavy atom. The molecule has 0 saturated carbocycles. The second-order valence-corrected chi connectivity index (χ2v) is 4.53. The first-order valence-corrected chi connectivity index (χ1v) is 7.76. The highest BCUT2D eigenvalue weighted by Gasteiger charge is 2.24. The standard InChI is InChI=1S/C6H14O3.3C3H4O2.C2H8N2/c1-2-6(3-7,4-8)5-9;3*1-2-3(4)5;3-1-2-4/h7-9H,2-5H2,1H3;3*2H,1H2,(H,4,5);1-4H2. The third-order valence-electron chi connectivity index (χ3n) is 2.45. The molecule has 28 heavy (non-hydrogen) atoms. The molecule has 10 N–H and O–H groups in total. The number of carboxylic acids is 3. The summed E-state index contributed by atoms with van der Waals surface area (Å²) >= 11 is 0. The number of carbonyl (C=O) groups is 3. The molecule has 0 aromatic carbocycles. The Morgan fingerprint density at radius 3 is 0.929 bits per heavy atom. The lowest BCUT2D eigenvalue weighted by Gasteiger charge is -2.24. The zero-order chi connectivity index (χ0) is 23.6. The molecule has 0 aliphatic heterocycles. The van der Waals surface area contributed by atoms with Gasteiger partial charge >= 0.3 is 17.9 Å². The predicted octanol–water partition coefficient (Wildman–Crippen LogP) is -0.965. The van der Waals surface area contributed by atoms with Crippen molar-refractivity contribution in [3.05, 3.63) is 38.0 Å². The first kappa shape index (κ1) is 36.4. The van der Waals surface area contributed by atoms with Gasteiger partial charge in [0, 0.05) is 36.7 Å². The van der Waals surface area contributed by atoms with E-state index in [1.165, 1.54) is 0 Å². The Labute approximate surface area is 164 Å². The minimum Gasteiger partial charge on any atom is -0.478 e. The molecule has 0 aliphatic rings. The SMILES string of the molecule is C=CC(=O)O.C=CC(=O)O.C=CC(=O)O.CCC(CO)(CO)CO.NCCN. The van der Waals surface area contributed by atoms with E-state index in [0.717, 1.165) is 18.2 Å². The molecule has 0 atom stereocenters. The zero-order valence-corrected chi connectivity index (χ0v) is 16.2. The Bertz CT molecular complexity index is 361. The van der Waals surface area contributed by atoms with Crippen molar-refractivity contribution in [1.82, 2.24) is 0 Å². The molecule has 0 amide bonds. The zero-order valence-electron chi connectivity index (χ0n) is 16.2. The number of hydrogen-bond acceptors (Lipinski definition) is 8. The molecule has 0 spiro atoms. The second kappa shape index (κ2) is 29.2. The van der Waals surface area contributed by atoms with Crippen molar-refractivity contribution in [2.45, 2.75) is 13.3 Å². The maximum Gasteiger partial charge on any atom is 0.327 e. The van der Waals surface area contributed by atoms with E-state index in [1.54, 1.807) is 0 Å². The van der Waals surface area contributed by atoms with Gasteiger partial charge in [0.25, 0.3) is 0 Å². The fraction of sp³-hybridized carbons (Fsp3) is 0.471. The summed E-state index contributed by atoms with van der Waals surface area (Å²) in [6.07, 6.45) is 3.09. The smallest absolute Gasteiger partial charge is 0.327 e. The lowest BCUT2D eigenvalue weighted by Crippen LogP contribution is -2.32. The first-order valence-electron chi connectivity index (χ1n) is 7.76. The van der Waals surface area contributed by atoms with Crippen molar-refractivity contribution in [2.75, 3.05) is 32.9 Å². The van der Waals surface area contributed by atoms with Gasteiger partial charge in [-0.05, 0) is 6.42 Å². The highest BCUT2D eigenvalue weighted by molar-refractivity contribution is 5.79. The van der Waals surface area contributed by atoms with Crippen molar-refractivity contribution in [1.29, 1.82) is 0 Å². The van der Waals surface area contributed by atoms with Gasteiger partial charge in [-0.3, -0.25) is 0 Å². The third kappa shape index (κ3) is 43.7. The molecule has 0 fully saturated rings. The van der Waals surface area contributed by atoms with Gasteiger partial charge in [-0.1, -0.05) is 26.7 Å². The lowest BCUT2D eigenvalue weighted by molar-refractivity contribution is -0.132. The van der Waals surface area contributed by atoms with Crippen LogP contribution in [0.4, 0.5) is 0 Å². The summed E-state index contributed by atoms with van der Waals surface area (Å²) in [6, 6.07) is 0. The first-order chi connectivity index (χ1) is 13.0. The van der Waals surface area contributed by atoms with Crippen LogP contribution in [0, 0.1) is 5.41 Å². The van der Waals surface area contributed by atoms with Crippen LogP contribution >= 0.6 is 0 Å². The van der Waals surface area contributed by atoms with Crippen LogP contribution in [0.3, 0.4) is 0 Å². The van der Waals surface area contributed by atoms with E-state index in [9.17, 15) is 14.4 Å². The van der Waals surface area contributed by atoms with Crippen LogP contribution in [0.15, 0.2) is 38.0 Å². The van der Waals surface area contributed by atoms with E-state index in [0.29, 0.717) is 19.5 Å². The number of nitrogens with two attached hydrogens (primary N) is 2. The molecule has 166 valence electrons. The summed E-state index contributed by atoms with van der Waals surface area (Å²) in [6.45, 7) is 11.4. The molecule has 0 aromatic rings. The molecule has 11 nitrogen and oxygen atoms in total. The number of hydrogen-bond donors (Lipinski definition) is 8. The van der Waals surface area contributed by atoms with E-state index in [1.807, 2.05) is 6.92 Å². The summed E-state index contributed by atoms with van der Waals surface area (Å²) in [4.78, 5) is 27.8. The number of aliphatic carboxylic acids is 3. The van der Waals surface area contributed by atoms with Gasteiger partial charge in [-0.2, -0.15) is 0 Å². The largest absolute Gasteiger partial charge is 0.478 e. The normalized spacial score (nSPS) is 8.36. The van der Waals surface area contributed by atoms with Crippen LogP contribution in [0.25, 0.3) is 0 Å². The number of aliphatic hydroxyl groups is 3. The minimum atomic E-state index is -0.981. The van der Waals surface area contributed by atoms with Gasteiger partial charge in [-0.25, -0.2) is 14.4 Å². The fourth-order valence-electron chi connectivity index (χ4n) is 0.485. The van der Waals surface area contributed by atoms with E-state index in [2.05, 4.69) is 19.7 Å². The summed E-state index contributed by atoms with van der Waals surface area (Å²) in [7, 11) is 0. The van der Waals surface area contributed by atoms with E-state index in [-0.39, 0.29) is 19.8 Å². The third-order valence-corrected chi connectivity index (χ3v) is 2.45. The highest BCUT2D eigenvalue weighted by atomic mass is 16.4. The predicted molar refractivity (Wildman–Crippen MR) is 106 cm³/mol. The summed E-state index contributed by atoms with van der Waals surface area (Å²) in [5, 5.41) is 48.8. The lowest BCUT2D eigenvalue weighted by atomic mass is 9.88. The van der Waals surface area contributed by atoms with Crippen LogP contribution in [-0.4, -0.2) is 81.5 Å². The Hall–Kier alpha value is -2.57. The molecule has 0 saturated heterocycles. The van der Waals surface area contributed by atoms with Gasteiger partial charge in [-0.15, -0.1) is 0 Å². The Morgan fingerprint density at radius 1 is 0.750 bits per heavy atom. The average Bonchev–Trinajstić information content (AvgIpc) is 2.71. The molecule has 0 rings (SSSR count). The van der Waals surface area contributed by atoms with Crippen molar-refractivity contribution in [2.24, 2.45) is 16.9 Å². The average molecular weight is 410 g/mol. The fourth-order valence-corrected chi connectivity index (χ4v) is 0.485. The quantitative estimate of drug-likeness (QED) is 0.227. The summed E-state index contributed by atoms with van der Waals surface area (Å²) in [5.41, 5.74) is 9.14. The highest BCUT2D eigenvalue weighted by Crippen LogP contribution is 2.18. The van der Waals surface area contributed by atoms with Crippen LogP contribution in [0.2, 0.25) is 0 Å². The number of carboxylic acid groups (broad SMARTS) is 3. The van der Waals surface area contributed by atoms with Crippen molar-refractivity contribution in [3.8, 4) is 0 Å². The topological polar surface area (TPSA) is 225 Å². The number of rotatable bonds is 8. The maximum absolute atomic E-state index is 9.25. The van der Waals surface area contributed by atoms with Gasteiger partial charge in [0.1, 0.15) is 0 Å². The second-order valence-electron chi connectivity index (χ2n) is 4.53. The van der Waals surface area contributed by atoms with Crippen molar-refractivity contribution in [3.63, 3.8) is 0 Å². The molecule has 11 heteroatoms. The monoisotopic (exact) mass is 410 g/mol. The van der Waals surface area contributed by atoms with E-state index in [4.69, 9.17) is 42.1 Å². The molecule has 0 heterocycles. The Balaban J connectivity index is -0.0000000819. The van der Waals surface area contributed by atoms with Crippen LogP contribution < -0.4 is 11.5 Å². The summed E-state index contributed by atoms with van der Waals surface area (Å²) in [5.74, 6) is -2.94. The van der Waals surface area contributed by atoms with Crippen LogP contribution in [0.5, 0.6) is 0 Å². The molecule has 0 aromatic heterocycles. The van der Waals surface area contributed by atoms with E-state index < -0.39 is 23.3 Å². The van der Waals surface area contributed by atoms with Crippen LogP contribution in [0.1, 0.15) is 13.3 Å². The number of aliphatic hydroxyl groups excluding tert-OH is 3. The molecular formula is C17H34N2O9. The summed E-state index contributed by atoms with van der Waals surface area (Å²) < 4.78 is 0. The van der Waals surface area contributed by atoms with Crippen LogP contribution in [-0.2, 0) is 14.4 Å². The minimum absolute atomic E-state index is 0.156. The van der Waals surface area contributed by atoms with Gasteiger partial charge in [0.2, 0.25) is 0 Å². The van der Waals surface area contributed by atoms with Crippen molar-refractivity contribution >= 4 is 17.9 Å². The molecule has 0 radical (unpaired) electrons. The maximum atomic E-state index is 9.25. The van der Waals surface area contributed by atoms with Gasteiger partial charge in [0.15, 0.2) is 0 Å². The van der Waals surface area contributed by atoms with E-state index >= 15 is 0 Å².